The zero-order valence-electron chi connectivity index (χ0n) is 17.1. The monoisotopic (exact) mass is 430 g/mol. The van der Waals surface area contributed by atoms with Crippen LogP contribution >= 0.6 is 11.8 Å². The summed E-state index contributed by atoms with van der Waals surface area (Å²) in [5, 5.41) is 15.0. The second-order valence-corrected chi connectivity index (χ2v) is 8.47. The summed E-state index contributed by atoms with van der Waals surface area (Å²) in [6.07, 6.45) is 6.70. The Morgan fingerprint density at radius 1 is 1.13 bits per heavy atom. The fourth-order valence-corrected chi connectivity index (χ4v) is 4.49. The zero-order chi connectivity index (χ0) is 21.2. The van der Waals surface area contributed by atoms with Crippen LogP contribution in [0.15, 0.2) is 71.5 Å². The van der Waals surface area contributed by atoms with Crippen LogP contribution in [0.5, 0.6) is 0 Å². The fourth-order valence-electron chi connectivity index (χ4n) is 4.02. The van der Waals surface area contributed by atoms with Crippen LogP contribution in [0.3, 0.4) is 0 Å². The largest absolute Gasteiger partial charge is 0.464 e. The van der Waals surface area contributed by atoms with Gasteiger partial charge < -0.3 is 9.73 Å². The Morgan fingerprint density at radius 3 is 2.90 bits per heavy atom. The van der Waals surface area contributed by atoms with Crippen LogP contribution < -0.4 is 5.32 Å². The molecule has 0 saturated carbocycles. The van der Waals surface area contributed by atoms with E-state index in [4.69, 9.17) is 4.42 Å². The van der Waals surface area contributed by atoms with E-state index in [0.717, 1.165) is 51.0 Å². The van der Waals surface area contributed by atoms with Gasteiger partial charge >= 0.3 is 0 Å². The predicted octanol–water partition coefficient (Wildman–Crippen LogP) is 4.78. The van der Waals surface area contributed by atoms with Crippen LogP contribution in [-0.4, -0.2) is 32.5 Å². The summed E-state index contributed by atoms with van der Waals surface area (Å²) >= 11 is 1.74. The molecule has 3 aromatic heterocycles. The summed E-state index contributed by atoms with van der Waals surface area (Å²) in [6, 6.07) is 17.7. The van der Waals surface area contributed by atoms with Crippen molar-refractivity contribution in [2.45, 2.75) is 18.9 Å². The van der Waals surface area contributed by atoms with Crippen molar-refractivity contribution in [3.8, 4) is 0 Å². The van der Waals surface area contributed by atoms with E-state index in [0.29, 0.717) is 0 Å². The van der Waals surface area contributed by atoms with Gasteiger partial charge in [0.15, 0.2) is 11.5 Å². The minimum absolute atomic E-state index is 0.0607. The van der Waals surface area contributed by atoms with Gasteiger partial charge in [-0.25, -0.2) is 0 Å². The van der Waals surface area contributed by atoms with Gasteiger partial charge in [-0.05, 0) is 47.4 Å². The lowest BCUT2D eigenvalue weighted by molar-refractivity contribution is -0.121. The van der Waals surface area contributed by atoms with Gasteiger partial charge in [-0.1, -0.05) is 36.4 Å². The van der Waals surface area contributed by atoms with E-state index >= 15 is 0 Å². The highest BCUT2D eigenvalue weighted by atomic mass is 32.2. The Kier molecular flexibility index (Phi) is 5.34. The molecule has 5 aromatic rings. The Hall–Kier alpha value is -3.32. The summed E-state index contributed by atoms with van der Waals surface area (Å²) in [6.45, 7) is 0. The molecule has 2 aromatic carbocycles. The van der Waals surface area contributed by atoms with Crippen LogP contribution in [0, 0.1) is 0 Å². The van der Waals surface area contributed by atoms with Crippen molar-refractivity contribution < 1.29 is 9.21 Å². The second kappa shape index (κ2) is 8.43. The lowest BCUT2D eigenvalue weighted by Gasteiger charge is -2.17. The highest BCUT2D eigenvalue weighted by Gasteiger charge is 2.21. The van der Waals surface area contributed by atoms with E-state index in [9.17, 15) is 4.79 Å². The number of benzene rings is 2. The third-order valence-corrected chi connectivity index (χ3v) is 6.13. The molecule has 0 fully saturated rings. The Morgan fingerprint density at radius 2 is 2.00 bits per heavy atom. The van der Waals surface area contributed by atoms with Crippen molar-refractivity contribution >= 4 is 45.1 Å². The van der Waals surface area contributed by atoms with Crippen molar-refractivity contribution in [2.75, 3.05) is 12.0 Å². The van der Waals surface area contributed by atoms with E-state index in [1.165, 1.54) is 0 Å². The minimum atomic E-state index is -0.216. The maximum Gasteiger partial charge on any atom is 0.225 e. The number of aromatic nitrogens is 3. The number of fused-ring (bicyclic) bond motifs is 4. The molecule has 0 bridgehead atoms. The average Bonchev–Trinajstić information content (AvgIpc) is 3.41. The van der Waals surface area contributed by atoms with Crippen LogP contribution in [0.4, 0.5) is 0 Å². The number of hydrogen-bond acceptors (Lipinski definition) is 5. The van der Waals surface area contributed by atoms with Crippen LogP contribution in [0.1, 0.15) is 23.9 Å². The number of carbonyl (C=O) groups is 1. The number of hydrogen-bond donors (Lipinski definition) is 1. The van der Waals surface area contributed by atoms with Gasteiger partial charge in [0.1, 0.15) is 5.58 Å². The van der Waals surface area contributed by atoms with Gasteiger partial charge in [0.25, 0.3) is 0 Å². The number of carbonyl (C=O) groups excluding carboxylic acids is 1. The van der Waals surface area contributed by atoms with Gasteiger partial charge in [0.05, 0.1) is 18.7 Å². The van der Waals surface area contributed by atoms with Crippen LogP contribution in [0.2, 0.25) is 0 Å². The number of amides is 1. The molecule has 0 saturated heterocycles. The third kappa shape index (κ3) is 3.77. The van der Waals surface area contributed by atoms with Crippen molar-refractivity contribution in [1.29, 1.82) is 0 Å². The predicted molar refractivity (Wildman–Crippen MR) is 124 cm³/mol. The summed E-state index contributed by atoms with van der Waals surface area (Å²) in [7, 11) is 0. The van der Waals surface area contributed by atoms with E-state index in [1.54, 1.807) is 18.0 Å². The molecule has 3 heterocycles. The van der Waals surface area contributed by atoms with Crippen molar-refractivity contribution in [1.82, 2.24) is 19.9 Å². The molecule has 6 nitrogen and oxygen atoms in total. The van der Waals surface area contributed by atoms with Gasteiger partial charge in [0.2, 0.25) is 5.91 Å². The van der Waals surface area contributed by atoms with E-state index in [2.05, 4.69) is 33.9 Å². The quantitative estimate of drug-likeness (QED) is 0.402. The molecule has 1 N–H and O–H groups in total. The molecule has 5 rings (SSSR count). The number of rotatable bonds is 7. The molecule has 156 valence electrons. The highest BCUT2D eigenvalue weighted by Crippen LogP contribution is 2.30. The highest BCUT2D eigenvalue weighted by molar-refractivity contribution is 7.98. The Bertz CT molecular complexity index is 1370. The normalized spacial score (nSPS) is 12.5. The van der Waals surface area contributed by atoms with E-state index < -0.39 is 0 Å². The fraction of sp³-hybridized carbons (Fsp3) is 0.208. The molecule has 7 heteroatoms. The molecule has 1 atom stereocenters. The zero-order valence-corrected chi connectivity index (χ0v) is 17.9. The number of pyridine rings is 1. The summed E-state index contributed by atoms with van der Waals surface area (Å²) in [5.41, 5.74) is 2.45. The molecule has 31 heavy (non-hydrogen) atoms. The number of nitrogens with one attached hydrogen (secondary N) is 1. The van der Waals surface area contributed by atoms with Gasteiger partial charge in [-0.15, -0.1) is 10.2 Å². The SMILES string of the molecule is CSCCC(NC(=O)Cc1coc2ccc3ccccc3c12)c1nnc2ccccn12. The Labute approximate surface area is 183 Å². The molecular weight excluding hydrogens is 408 g/mol. The molecule has 0 radical (unpaired) electrons. The average molecular weight is 431 g/mol. The first-order valence-electron chi connectivity index (χ1n) is 10.2. The van der Waals surface area contributed by atoms with Crippen molar-refractivity contribution in [2.24, 2.45) is 0 Å². The maximum atomic E-state index is 13.1. The lowest BCUT2D eigenvalue weighted by Crippen LogP contribution is -2.31. The first kappa shape index (κ1) is 19.6. The smallest absolute Gasteiger partial charge is 0.225 e. The molecular formula is C24H22N4O2S. The Balaban J connectivity index is 1.43. The maximum absolute atomic E-state index is 13.1. The first-order valence-corrected chi connectivity index (χ1v) is 11.6. The van der Waals surface area contributed by atoms with Gasteiger partial charge in [-0.3, -0.25) is 9.20 Å². The lowest BCUT2D eigenvalue weighted by atomic mass is 10.0. The third-order valence-electron chi connectivity index (χ3n) is 5.49. The van der Waals surface area contributed by atoms with E-state index in [1.807, 2.05) is 53.1 Å². The van der Waals surface area contributed by atoms with Gasteiger partial charge in [-0.2, -0.15) is 11.8 Å². The van der Waals surface area contributed by atoms with Crippen LogP contribution in [-0.2, 0) is 11.2 Å². The first-order chi connectivity index (χ1) is 15.2. The standard InChI is InChI=1S/C24H22N4O2S/c1-31-13-11-19(24-27-26-21-8-4-5-12-28(21)24)25-22(29)14-17-15-30-20-10-9-16-6-2-3-7-18(16)23(17)20/h2-10,12,15,19H,11,13-14H2,1H3,(H,25,29). The number of nitrogens with zero attached hydrogens (tertiary/aromatic N) is 3. The molecule has 0 spiro atoms. The molecule has 1 unspecified atom stereocenters. The second-order valence-electron chi connectivity index (χ2n) is 7.49. The molecule has 0 aliphatic carbocycles. The number of thioether (sulfide) groups is 1. The molecule has 1 amide bonds. The molecule has 0 aliphatic rings. The minimum Gasteiger partial charge on any atom is -0.464 e. The molecule has 0 aliphatic heterocycles. The number of furan rings is 1. The summed E-state index contributed by atoms with van der Waals surface area (Å²) in [5.74, 6) is 1.60. The van der Waals surface area contributed by atoms with Crippen LogP contribution in [0.25, 0.3) is 27.4 Å². The summed E-state index contributed by atoms with van der Waals surface area (Å²) in [4.78, 5) is 13.1. The van der Waals surface area contributed by atoms with Crippen molar-refractivity contribution in [3.63, 3.8) is 0 Å². The van der Waals surface area contributed by atoms with Gasteiger partial charge in [0, 0.05) is 17.1 Å². The topological polar surface area (TPSA) is 72.4 Å². The van der Waals surface area contributed by atoms with Crippen molar-refractivity contribution in [3.05, 3.63) is 78.4 Å². The van der Waals surface area contributed by atoms with E-state index in [-0.39, 0.29) is 18.4 Å². The summed E-state index contributed by atoms with van der Waals surface area (Å²) < 4.78 is 7.68.